The van der Waals surface area contributed by atoms with Gasteiger partial charge in [0.1, 0.15) is 12.9 Å². The summed E-state index contributed by atoms with van der Waals surface area (Å²) in [6.45, 7) is 5.45. The fourth-order valence-corrected chi connectivity index (χ4v) is 4.84. The van der Waals surface area contributed by atoms with Gasteiger partial charge in [0.15, 0.2) is 11.5 Å². The standard InChI is InChI=1S/C31H32F3N5O3/c1-38-11-13-39(14-12-38)15-16-42-28-18-25-26(19-27(28)41-2)35-20-36-30(25)22-5-9-24(10-6-22)37-29(40)17-21-3-7-23(8-4-21)31(32,33)34/h3-10,18-20H,11-17H2,1-2H3,(H,37,40). The molecule has 220 valence electrons. The van der Waals surface area contributed by atoms with Crippen molar-refractivity contribution in [3.63, 3.8) is 0 Å². The first-order chi connectivity index (χ1) is 20.2. The summed E-state index contributed by atoms with van der Waals surface area (Å²) >= 11 is 0. The molecular formula is C31H32F3N5O3. The number of fused-ring (bicyclic) bond motifs is 1. The van der Waals surface area contributed by atoms with Gasteiger partial charge in [0, 0.05) is 55.4 Å². The number of nitrogens with one attached hydrogen (secondary N) is 1. The number of hydrogen-bond acceptors (Lipinski definition) is 7. The zero-order valence-electron chi connectivity index (χ0n) is 23.4. The van der Waals surface area contributed by atoms with Crippen LogP contribution in [0.15, 0.2) is 67.0 Å². The van der Waals surface area contributed by atoms with E-state index in [4.69, 9.17) is 9.47 Å². The summed E-state index contributed by atoms with van der Waals surface area (Å²) in [5, 5.41) is 3.59. The number of methoxy groups -OCH3 is 1. The van der Waals surface area contributed by atoms with Crippen molar-refractivity contribution in [1.29, 1.82) is 0 Å². The lowest BCUT2D eigenvalue weighted by Gasteiger charge is -2.32. The molecule has 5 rings (SSSR count). The average molecular weight is 580 g/mol. The molecule has 0 atom stereocenters. The fraction of sp³-hybridized carbons (Fsp3) is 0.323. The number of ether oxygens (including phenoxy) is 2. The van der Waals surface area contributed by atoms with E-state index >= 15 is 0 Å². The molecule has 1 N–H and O–H groups in total. The van der Waals surface area contributed by atoms with Crippen LogP contribution in [0, 0.1) is 0 Å². The number of rotatable bonds is 9. The molecule has 8 nitrogen and oxygen atoms in total. The Morgan fingerprint density at radius 3 is 2.33 bits per heavy atom. The van der Waals surface area contributed by atoms with E-state index in [0.717, 1.165) is 55.8 Å². The molecule has 4 aromatic rings. The molecule has 0 radical (unpaired) electrons. The van der Waals surface area contributed by atoms with Crippen molar-refractivity contribution in [2.24, 2.45) is 0 Å². The lowest BCUT2D eigenvalue weighted by atomic mass is 10.1. The Hall–Kier alpha value is -4.22. The highest BCUT2D eigenvalue weighted by Gasteiger charge is 2.30. The van der Waals surface area contributed by atoms with Crippen molar-refractivity contribution >= 4 is 22.5 Å². The molecule has 1 aliphatic rings. The topological polar surface area (TPSA) is 79.8 Å². The van der Waals surface area contributed by atoms with Gasteiger partial charge in [-0.1, -0.05) is 24.3 Å². The van der Waals surface area contributed by atoms with Crippen LogP contribution in [0.4, 0.5) is 18.9 Å². The molecule has 1 aliphatic heterocycles. The summed E-state index contributed by atoms with van der Waals surface area (Å²) in [7, 11) is 3.73. The van der Waals surface area contributed by atoms with Crippen LogP contribution in [0.1, 0.15) is 11.1 Å². The summed E-state index contributed by atoms with van der Waals surface area (Å²) in [5.74, 6) is 0.874. The van der Waals surface area contributed by atoms with Crippen LogP contribution in [0.3, 0.4) is 0 Å². The van der Waals surface area contributed by atoms with Gasteiger partial charge in [0.2, 0.25) is 5.91 Å². The van der Waals surface area contributed by atoms with E-state index < -0.39 is 11.7 Å². The predicted molar refractivity (Wildman–Crippen MR) is 155 cm³/mol. The molecule has 0 bridgehead atoms. The first kappa shape index (κ1) is 29.3. The van der Waals surface area contributed by atoms with E-state index in [-0.39, 0.29) is 12.3 Å². The largest absolute Gasteiger partial charge is 0.493 e. The summed E-state index contributed by atoms with van der Waals surface area (Å²) in [5.41, 5.74) is 2.52. The van der Waals surface area contributed by atoms with Gasteiger partial charge in [-0.2, -0.15) is 13.2 Å². The van der Waals surface area contributed by atoms with Crippen LogP contribution >= 0.6 is 0 Å². The number of carbonyl (C=O) groups is 1. The number of hydrogen-bond donors (Lipinski definition) is 1. The minimum absolute atomic E-state index is 0.0458. The second-order valence-corrected chi connectivity index (χ2v) is 10.2. The molecule has 1 fully saturated rings. The summed E-state index contributed by atoms with van der Waals surface area (Å²) in [6.07, 6.45) is -2.97. The minimum Gasteiger partial charge on any atom is -0.493 e. The Bertz CT molecular complexity index is 1520. The van der Waals surface area contributed by atoms with E-state index in [9.17, 15) is 18.0 Å². The van der Waals surface area contributed by atoms with E-state index in [1.807, 2.05) is 24.3 Å². The van der Waals surface area contributed by atoms with Crippen LogP contribution in [-0.4, -0.2) is 79.2 Å². The molecule has 0 aliphatic carbocycles. The normalized spacial score (nSPS) is 14.6. The van der Waals surface area contributed by atoms with Crippen LogP contribution in [0.25, 0.3) is 22.2 Å². The molecule has 42 heavy (non-hydrogen) atoms. The molecule has 1 amide bonds. The first-order valence-electron chi connectivity index (χ1n) is 13.6. The number of benzene rings is 3. The highest BCUT2D eigenvalue weighted by molar-refractivity contribution is 5.95. The SMILES string of the molecule is COc1cc2ncnc(-c3ccc(NC(=O)Cc4ccc(C(F)(F)F)cc4)cc3)c2cc1OCCN1CCN(C)CC1. The van der Waals surface area contributed by atoms with Gasteiger partial charge in [0.25, 0.3) is 0 Å². The third-order valence-corrected chi connectivity index (χ3v) is 7.27. The maximum atomic E-state index is 12.8. The number of aromatic nitrogens is 2. The summed E-state index contributed by atoms with van der Waals surface area (Å²) in [4.78, 5) is 26.1. The van der Waals surface area contributed by atoms with Crippen molar-refractivity contribution in [3.8, 4) is 22.8 Å². The van der Waals surface area contributed by atoms with Crippen LogP contribution < -0.4 is 14.8 Å². The Kier molecular flexibility index (Phi) is 8.89. The number of piperazine rings is 1. The van der Waals surface area contributed by atoms with Crippen LogP contribution in [-0.2, 0) is 17.4 Å². The van der Waals surface area contributed by atoms with Gasteiger partial charge < -0.3 is 19.7 Å². The number of alkyl halides is 3. The number of nitrogens with zero attached hydrogens (tertiary/aromatic N) is 4. The lowest BCUT2D eigenvalue weighted by Crippen LogP contribution is -2.45. The molecule has 0 saturated carbocycles. The molecule has 1 saturated heterocycles. The fourth-order valence-electron chi connectivity index (χ4n) is 4.84. The maximum absolute atomic E-state index is 12.8. The predicted octanol–water partition coefficient (Wildman–Crippen LogP) is 5.13. The summed E-state index contributed by atoms with van der Waals surface area (Å²) < 4.78 is 50.1. The van der Waals surface area contributed by atoms with Crippen LogP contribution in [0.2, 0.25) is 0 Å². The zero-order chi connectivity index (χ0) is 29.7. The second kappa shape index (κ2) is 12.7. The molecule has 0 unspecified atom stereocenters. The van der Waals surface area contributed by atoms with Crippen LogP contribution in [0.5, 0.6) is 11.5 Å². The average Bonchev–Trinajstić information content (AvgIpc) is 2.97. The van der Waals surface area contributed by atoms with Gasteiger partial charge >= 0.3 is 6.18 Å². The molecular weight excluding hydrogens is 547 g/mol. The maximum Gasteiger partial charge on any atom is 0.416 e. The van der Waals surface area contributed by atoms with Crippen molar-refractivity contribution < 1.29 is 27.4 Å². The number of amides is 1. The molecule has 11 heteroatoms. The zero-order valence-corrected chi connectivity index (χ0v) is 23.4. The van der Waals surface area contributed by atoms with Crippen molar-refractivity contribution in [3.05, 3.63) is 78.1 Å². The van der Waals surface area contributed by atoms with Gasteiger partial charge in [-0.25, -0.2) is 9.97 Å². The van der Waals surface area contributed by atoms with E-state index in [1.54, 1.807) is 19.2 Å². The molecule has 1 aromatic heterocycles. The minimum atomic E-state index is -4.41. The number of anilines is 1. The van der Waals surface area contributed by atoms with E-state index in [0.29, 0.717) is 40.6 Å². The number of likely N-dealkylation sites (N-methyl/N-ethyl adjacent to an activating group) is 1. The van der Waals surface area contributed by atoms with Gasteiger partial charge in [-0.15, -0.1) is 0 Å². The highest BCUT2D eigenvalue weighted by Crippen LogP contribution is 2.36. The summed E-state index contributed by atoms with van der Waals surface area (Å²) in [6, 6.07) is 15.5. The van der Waals surface area contributed by atoms with E-state index in [1.165, 1.54) is 18.5 Å². The lowest BCUT2D eigenvalue weighted by molar-refractivity contribution is -0.137. The molecule has 0 spiro atoms. The Morgan fingerprint density at radius 1 is 0.952 bits per heavy atom. The second-order valence-electron chi connectivity index (χ2n) is 10.2. The smallest absolute Gasteiger partial charge is 0.416 e. The van der Waals surface area contributed by atoms with Gasteiger partial charge in [-0.3, -0.25) is 9.69 Å². The van der Waals surface area contributed by atoms with Crippen molar-refractivity contribution in [2.45, 2.75) is 12.6 Å². The highest BCUT2D eigenvalue weighted by atomic mass is 19.4. The monoisotopic (exact) mass is 579 g/mol. The Morgan fingerprint density at radius 2 is 1.67 bits per heavy atom. The van der Waals surface area contributed by atoms with Crippen molar-refractivity contribution in [2.75, 3.05) is 58.8 Å². The first-order valence-corrected chi connectivity index (χ1v) is 13.6. The quantitative estimate of drug-likeness (QED) is 0.295. The van der Waals surface area contributed by atoms with Gasteiger partial charge in [-0.05, 0) is 42.9 Å². The van der Waals surface area contributed by atoms with E-state index in [2.05, 4.69) is 32.1 Å². The number of halogens is 3. The Balaban J connectivity index is 1.27. The molecule has 3 aromatic carbocycles. The molecule has 2 heterocycles. The van der Waals surface area contributed by atoms with Gasteiger partial charge in [0.05, 0.1) is 30.3 Å². The Labute approximate surface area is 242 Å². The third kappa shape index (κ3) is 7.15. The number of carbonyl (C=O) groups excluding carboxylic acids is 1. The third-order valence-electron chi connectivity index (χ3n) is 7.27. The van der Waals surface area contributed by atoms with Crippen molar-refractivity contribution in [1.82, 2.24) is 19.8 Å².